The normalized spacial score (nSPS) is 12.2. The number of nitrogens with one attached hydrogen (secondary N) is 1. The van der Waals surface area contributed by atoms with Gasteiger partial charge in [0, 0.05) is 17.5 Å². The van der Waals surface area contributed by atoms with Crippen LogP contribution in [0.25, 0.3) is 11.1 Å². The standard InChI is InChI=1S/C25H26ClNO5/c1-25(2,3)32-24(29)22(20-7-6-12-27-20)18-14-16(9-11-21(18)30-4)15-8-10-19(26)17(13-15)23(28)31-5/h6-14,22,27H,1-5H3. The molecular formula is C25H26ClNO5. The number of aromatic nitrogens is 1. The first-order chi connectivity index (χ1) is 15.1. The number of aromatic amines is 1. The molecule has 2 aromatic carbocycles. The van der Waals surface area contributed by atoms with Crippen molar-refractivity contribution in [2.75, 3.05) is 14.2 Å². The van der Waals surface area contributed by atoms with Crippen molar-refractivity contribution in [3.63, 3.8) is 0 Å². The first-order valence-corrected chi connectivity index (χ1v) is 10.4. The molecule has 0 aliphatic heterocycles. The van der Waals surface area contributed by atoms with Gasteiger partial charge in [0.25, 0.3) is 0 Å². The molecule has 1 aromatic heterocycles. The monoisotopic (exact) mass is 455 g/mol. The fraction of sp³-hybridized carbons (Fsp3) is 0.280. The van der Waals surface area contributed by atoms with Crippen LogP contribution in [0.4, 0.5) is 0 Å². The Balaban J connectivity index is 2.14. The Hall–Kier alpha value is -3.25. The maximum absolute atomic E-state index is 13.2. The molecule has 32 heavy (non-hydrogen) atoms. The molecule has 1 heterocycles. The van der Waals surface area contributed by atoms with Crippen molar-refractivity contribution in [3.8, 4) is 16.9 Å². The van der Waals surface area contributed by atoms with Gasteiger partial charge in [-0.15, -0.1) is 0 Å². The number of carbonyl (C=O) groups is 2. The summed E-state index contributed by atoms with van der Waals surface area (Å²) >= 11 is 6.17. The molecule has 0 spiro atoms. The van der Waals surface area contributed by atoms with Gasteiger partial charge in [0.2, 0.25) is 0 Å². The van der Waals surface area contributed by atoms with Gasteiger partial charge in [-0.05, 0) is 68.3 Å². The molecule has 0 aliphatic rings. The van der Waals surface area contributed by atoms with Crippen molar-refractivity contribution in [2.24, 2.45) is 0 Å². The summed E-state index contributed by atoms with van der Waals surface area (Å²) < 4.78 is 16.1. The van der Waals surface area contributed by atoms with Crippen LogP contribution in [0.15, 0.2) is 54.7 Å². The average Bonchev–Trinajstić information content (AvgIpc) is 3.26. The van der Waals surface area contributed by atoms with Gasteiger partial charge in [-0.3, -0.25) is 4.79 Å². The summed E-state index contributed by atoms with van der Waals surface area (Å²) in [6.07, 6.45) is 1.75. The van der Waals surface area contributed by atoms with Gasteiger partial charge in [-0.1, -0.05) is 23.7 Å². The van der Waals surface area contributed by atoms with Crippen LogP contribution < -0.4 is 4.74 Å². The van der Waals surface area contributed by atoms with Gasteiger partial charge in [0.15, 0.2) is 0 Å². The maximum Gasteiger partial charge on any atom is 0.339 e. The molecule has 0 radical (unpaired) electrons. The molecule has 0 aliphatic carbocycles. The Morgan fingerprint density at radius 3 is 2.28 bits per heavy atom. The first-order valence-electron chi connectivity index (χ1n) is 10.1. The van der Waals surface area contributed by atoms with Crippen LogP contribution in [0.5, 0.6) is 5.75 Å². The van der Waals surface area contributed by atoms with Crippen LogP contribution in [-0.4, -0.2) is 36.7 Å². The number of methoxy groups -OCH3 is 2. The molecule has 3 rings (SSSR count). The highest BCUT2D eigenvalue weighted by Crippen LogP contribution is 2.37. The van der Waals surface area contributed by atoms with E-state index in [4.69, 9.17) is 25.8 Å². The van der Waals surface area contributed by atoms with Crippen molar-refractivity contribution in [1.82, 2.24) is 4.98 Å². The van der Waals surface area contributed by atoms with E-state index in [9.17, 15) is 9.59 Å². The lowest BCUT2D eigenvalue weighted by atomic mass is 9.91. The quantitative estimate of drug-likeness (QED) is 0.489. The van der Waals surface area contributed by atoms with Crippen molar-refractivity contribution in [3.05, 3.63) is 76.6 Å². The molecule has 0 saturated carbocycles. The minimum absolute atomic E-state index is 0.261. The van der Waals surface area contributed by atoms with Gasteiger partial charge in [0.1, 0.15) is 17.3 Å². The Bertz CT molecular complexity index is 1120. The summed E-state index contributed by atoms with van der Waals surface area (Å²) in [7, 11) is 2.86. The lowest BCUT2D eigenvalue weighted by Crippen LogP contribution is -2.28. The van der Waals surface area contributed by atoms with Crippen LogP contribution in [0.2, 0.25) is 5.02 Å². The van der Waals surface area contributed by atoms with E-state index in [0.717, 1.165) is 11.1 Å². The SMILES string of the molecule is COC(=O)c1cc(-c2ccc(OC)c(C(C(=O)OC(C)(C)C)c3ccc[nH]3)c2)ccc1Cl. The summed E-state index contributed by atoms with van der Waals surface area (Å²) in [6, 6.07) is 14.3. The molecule has 1 N–H and O–H groups in total. The summed E-state index contributed by atoms with van der Waals surface area (Å²) in [5, 5.41) is 0.298. The molecule has 168 valence electrons. The second kappa shape index (κ2) is 9.49. The number of halogens is 1. The van der Waals surface area contributed by atoms with Crippen molar-refractivity contribution >= 4 is 23.5 Å². The Morgan fingerprint density at radius 1 is 1.00 bits per heavy atom. The number of ether oxygens (including phenoxy) is 3. The number of hydrogen-bond donors (Lipinski definition) is 1. The predicted molar refractivity (Wildman–Crippen MR) is 123 cm³/mol. The van der Waals surface area contributed by atoms with Crippen molar-refractivity contribution in [1.29, 1.82) is 0 Å². The molecule has 7 heteroatoms. The Labute approximate surface area is 192 Å². The summed E-state index contributed by atoms with van der Waals surface area (Å²) in [5.74, 6) is -1.11. The fourth-order valence-electron chi connectivity index (χ4n) is 3.42. The second-order valence-electron chi connectivity index (χ2n) is 8.23. The zero-order valence-corrected chi connectivity index (χ0v) is 19.4. The lowest BCUT2D eigenvalue weighted by molar-refractivity contribution is -0.155. The molecule has 1 unspecified atom stereocenters. The van der Waals surface area contributed by atoms with E-state index < -0.39 is 23.5 Å². The van der Waals surface area contributed by atoms with E-state index in [2.05, 4.69) is 4.98 Å². The first kappa shape index (κ1) is 23.4. The molecular weight excluding hydrogens is 430 g/mol. The average molecular weight is 456 g/mol. The highest BCUT2D eigenvalue weighted by atomic mass is 35.5. The van der Waals surface area contributed by atoms with E-state index in [-0.39, 0.29) is 5.56 Å². The van der Waals surface area contributed by atoms with E-state index >= 15 is 0 Å². The third kappa shape index (κ3) is 5.14. The molecule has 0 bridgehead atoms. The van der Waals surface area contributed by atoms with E-state index in [1.165, 1.54) is 7.11 Å². The molecule has 0 saturated heterocycles. The van der Waals surface area contributed by atoms with Crippen LogP contribution >= 0.6 is 11.6 Å². The summed E-state index contributed by atoms with van der Waals surface area (Å²) in [6.45, 7) is 5.48. The fourth-order valence-corrected chi connectivity index (χ4v) is 3.61. The minimum Gasteiger partial charge on any atom is -0.496 e. The Morgan fingerprint density at radius 2 is 1.69 bits per heavy atom. The number of H-pyrrole nitrogens is 1. The predicted octanol–water partition coefficient (Wildman–Crippen LogP) is 5.60. The zero-order chi connectivity index (χ0) is 23.5. The number of carbonyl (C=O) groups excluding carboxylic acids is 2. The van der Waals surface area contributed by atoms with Gasteiger partial charge in [-0.25, -0.2) is 4.79 Å². The second-order valence-corrected chi connectivity index (χ2v) is 8.64. The third-order valence-electron chi connectivity index (χ3n) is 4.82. The number of esters is 2. The molecule has 1 atom stereocenters. The lowest BCUT2D eigenvalue weighted by Gasteiger charge is -2.25. The smallest absolute Gasteiger partial charge is 0.339 e. The van der Waals surface area contributed by atoms with E-state index in [1.807, 2.05) is 45.0 Å². The third-order valence-corrected chi connectivity index (χ3v) is 5.15. The highest BCUT2D eigenvalue weighted by Gasteiger charge is 2.31. The van der Waals surface area contributed by atoms with Crippen LogP contribution in [0, 0.1) is 0 Å². The molecule has 3 aromatic rings. The van der Waals surface area contributed by atoms with Crippen molar-refractivity contribution < 1.29 is 23.8 Å². The Kier molecular flexibility index (Phi) is 6.94. The minimum atomic E-state index is -0.730. The molecule has 0 fully saturated rings. The molecule has 0 amide bonds. The maximum atomic E-state index is 13.2. The number of hydrogen-bond acceptors (Lipinski definition) is 5. The van der Waals surface area contributed by atoms with Crippen LogP contribution in [0.1, 0.15) is 48.3 Å². The topological polar surface area (TPSA) is 77.6 Å². The van der Waals surface area contributed by atoms with Crippen molar-refractivity contribution in [2.45, 2.75) is 32.3 Å². The van der Waals surface area contributed by atoms with Crippen LogP contribution in [-0.2, 0) is 14.3 Å². The van der Waals surface area contributed by atoms with E-state index in [1.54, 1.807) is 37.6 Å². The van der Waals surface area contributed by atoms with E-state index in [0.29, 0.717) is 22.0 Å². The van der Waals surface area contributed by atoms with Gasteiger partial charge >= 0.3 is 11.9 Å². The zero-order valence-electron chi connectivity index (χ0n) is 18.7. The summed E-state index contributed by atoms with van der Waals surface area (Å²) in [4.78, 5) is 28.4. The van der Waals surface area contributed by atoms with Gasteiger partial charge in [0.05, 0.1) is 24.8 Å². The van der Waals surface area contributed by atoms with Gasteiger partial charge < -0.3 is 19.2 Å². The van der Waals surface area contributed by atoms with Crippen LogP contribution in [0.3, 0.4) is 0 Å². The number of benzene rings is 2. The molecule has 6 nitrogen and oxygen atoms in total. The largest absolute Gasteiger partial charge is 0.496 e. The highest BCUT2D eigenvalue weighted by molar-refractivity contribution is 6.33. The van der Waals surface area contributed by atoms with Gasteiger partial charge in [-0.2, -0.15) is 0 Å². The summed E-state index contributed by atoms with van der Waals surface area (Å²) in [5.41, 5.74) is 2.45. The number of rotatable bonds is 6.